The SMILES string of the molecule is CCC1CCCC(NC(=O)c2ccc(Cl)c(Br)c2)C1. The summed E-state index contributed by atoms with van der Waals surface area (Å²) in [7, 11) is 0. The zero-order valence-corrected chi connectivity index (χ0v) is 13.4. The Balaban J connectivity index is 1.98. The van der Waals surface area contributed by atoms with Crippen LogP contribution in [0, 0.1) is 5.92 Å². The van der Waals surface area contributed by atoms with E-state index in [1.165, 1.54) is 19.3 Å². The second-order valence-corrected chi connectivity index (χ2v) is 6.50. The molecule has 2 unspecified atom stereocenters. The molecule has 19 heavy (non-hydrogen) atoms. The molecule has 0 bridgehead atoms. The van der Waals surface area contributed by atoms with E-state index < -0.39 is 0 Å². The summed E-state index contributed by atoms with van der Waals surface area (Å²) in [6, 6.07) is 5.61. The molecule has 0 radical (unpaired) electrons. The van der Waals surface area contributed by atoms with Crippen molar-refractivity contribution >= 4 is 33.4 Å². The molecule has 1 amide bonds. The summed E-state index contributed by atoms with van der Waals surface area (Å²) in [5.41, 5.74) is 0.662. The maximum Gasteiger partial charge on any atom is 0.251 e. The fraction of sp³-hybridized carbons (Fsp3) is 0.533. The van der Waals surface area contributed by atoms with E-state index >= 15 is 0 Å². The van der Waals surface area contributed by atoms with Gasteiger partial charge in [-0.1, -0.05) is 37.8 Å². The maximum absolute atomic E-state index is 12.2. The molecule has 2 nitrogen and oxygen atoms in total. The normalized spacial score (nSPS) is 23.1. The van der Waals surface area contributed by atoms with E-state index in [1.807, 2.05) is 0 Å². The first-order chi connectivity index (χ1) is 9.10. The minimum absolute atomic E-state index is 0.000815. The highest BCUT2D eigenvalue weighted by molar-refractivity contribution is 9.10. The summed E-state index contributed by atoms with van der Waals surface area (Å²) in [6.07, 6.45) is 5.93. The number of carbonyl (C=O) groups is 1. The molecule has 1 aliphatic rings. The lowest BCUT2D eigenvalue weighted by Gasteiger charge is -2.29. The molecule has 0 spiro atoms. The van der Waals surface area contributed by atoms with Gasteiger partial charge in [-0.25, -0.2) is 0 Å². The predicted molar refractivity (Wildman–Crippen MR) is 82.7 cm³/mol. The van der Waals surface area contributed by atoms with Crippen molar-refractivity contribution < 1.29 is 4.79 Å². The third-order valence-electron chi connectivity index (χ3n) is 3.88. The van der Waals surface area contributed by atoms with Crippen LogP contribution < -0.4 is 5.32 Å². The fourth-order valence-electron chi connectivity index (χ4n) is 2.70. The molecule has 0 saturated heterocycles. The van der Waals surface area contributed by atoms with Gasteiger partial charge >= 0.3 is 0 Å². The third kappa shape index (κ3) is 3.96. The minimum atomic E-state index is -0.000815. The van der Waals surface area contributed by atoms with E-state index in [2.05, 4.69) is 28.2 Å². The number of hydrogen-bond donors (Lipinski definition) is 1. The van der Waals surface area contributed by atoms with Crippen LogP contribution in [0.5, 0.6) is 0 Å². The lowest BCUT2D eigenvalue weighted by Crippen LogP contribution is -2.38. The highest BCUT2D eigenvalue weighted by Gasteiger charge is 2.22. The summed E-state index contributed by atoms with van der Waals surface area (Å²) in [6.45, 7) is 2.23. The van der Waals surface area contributed by atoms with Gasteiger partial charge in [0.2, 0.25) is 0 Å². The Kier molecular flexibility index (Phi) is 5.28. The van der Waals surface area contributed by atoms with E-state index in [1.54, 1.807) is 18.2 Å². The number of nitrogens with one attached hydrogen (secondary N) is 1. The van der Waals surface area contributed by atoms with E-state index in [0.717, 1.165) is 23.2 Å². The summed E-state index contributed by atoms with van der Waals surface area (Å²) in [5.74, 6) is 0.759. The maximum atomic E-state index is 12.2. The molecule has 0 aromatic heterocycles. The lowest BCUT2D eigenvalue weighted by atomic mass is 9.84. The van der Waals surface area contributed by atoms with Gasteiger partial charge in [0.15, 0.2) is 0 Å². The summed E-state index contributed by atoms with van der Waals surface area (Å²) < 4.78 is 0.761. The van der Waals surface area contributed by atoms with Crippen LogP contribution in [0.25, 0.3) is 0 Å². The quantitative estimate of drug-likeness (QED) is 0.838. The van der Waals surface area contributed by atoms with Crippen LogP contribution in [0.2, 0.25) is 5.02 Å². The Bertz CT molecular complexity index is 463. The second-order valence-electron chi connectivity index (χ2n) is 5.24. The van der Waals surface area contributed by atoms with Crippen molar-refractivity contribution in [2.45, 2.75) is 45.1 Å². The molecule has 1 aromatic rings. The largest absolute Gasteiger partial charge is 0.349 e. The van der Waals surface area contributed by atoms with Gasteiger partial charge in [-0.2, -0.15) is 0 Å². The number of halogens is 2. The molecule has 1 fully saturated rings. The minimum Gasteiger partial charge on any atom is -0.349 e. The summed E-state index contributed by atoms with van der Waals surface area (Å²) >= 11 is 9.28. The number of hydrogen-bond acceptors (Lipinski definition) is 1. The lowest BCUT2D eigenvalue weighted by molar-refractivity contribution is 0.0919. The molecule has 0 heterocycles. The predicted octanol–water partition coefficient (Wildman–Crippen LogP) is 4.80. The van der Waals surface area contributed by atoms with Gasteiger partial charge in [-0.15, -0.1) is 0 Å². The van der Waals surface area contributed by atoms with Crippen LogP contribution in [0.3, 0.4) is 0 Å². The van der Waals surface area contributed by atoms with Gasteiger partial charge in [0, 0.05) is 16.1 Å². The molecule has 1 aliphatic carbocycles. The van der Waals surface area contributed by atoms with Gasteiger partial charge in [0.1, 0.15) is 0 Å². The van der Waals surface area contributed by atoms with Crippen molar-refractivity contribution in [3.63, 3.8) is 0 Å². The first-order valence-corrected chi connectivity index (χ1v) is 8.03. The number of rotatable bonds is 3. The van der Waals surface area contributed by atoms with Crippen molar-refractivity contribution in [3.8, 4) is 0 Å². The van der Waals surface area contributed by atoms with E-state index in [4.69, 9.17) is 11.6 Å². The van der Waals surface area contributed by atoms with Crippen LogP contribution in [-0.4, -0.2) is 11.9 Å². The first-order valence-electron chi connectivity index (χ1n) is 6.86. The zero-order chi connectivity index (χ0) is 13.8. The topological polar surface area (TPSA) is 29.1 Å². The molecule has 1 aromatic carbocycles. The highest BCUT2D eigenvalue weighted by atomic mass is 79.9. The van der Waals surface area contributed by atoms with Crippen molar-refractivity contribution in [1.82, 2.24) is 5.32 Å². The summed E-state index contributed by atoms with van der Waals surface area (Å²) in [5, 5.41) is 3.77. The second kappa shape index (κ2) is 6.76. The van der Waals surface area contributed by atoms with E-state index in [0.29, 0.717) is 16.6 Å². The van der Waals surface area contributed by atoms with E-state index in [-0.39, 0.29) is 5.91 Å². The average molecular weight is 345 g/mol. The van der Waals surface area contributed by atoms with Crippen LogP contribution in [0.4, 0.5) is 0 Å². The van der Waals surface area contributed by atoms with Gasteiger partial charge in [0.05, 0.1) is 5.02 Å². The fourth-order valence-corrected chi connectivity index (χ4v) is 3.20. The Morgan fingerprint density at radius 2 is 2.26 bits per heavy atom. The number of amides is 1. The molecular formula is C15H19BrClNO. The average Bonchev–Trinajstić information content (AvgIpc) is 2.42. The third-order valence-corrected chi connectivity index (χ3v) is 5.09. The molecule has 2 rings (SSSR count). The molecule has 2 atom stereocenters. The first kappa shape index (κ1) is 14.9. The van der Waals surface area contributed by atoms with E-state index in [9.17, 15) is 4.79 Å². The molecule has 1 N–H and O–H groups in total. The van der Waals surface area contributed by atoms with Crippen LogP contribution in [-0.2, 0) is 0 Å². The molecular weight excluding hydrogens is 326 g/mol. The Morgan fingerprint density at radius 1 is 1.47 bits per heavy atom. The highest BCUT2D eigenvalue weighted by Crippen LogP contribution is 2.27. The molecule has 0 aliphatic heterocycles. The van der Waals surface area contributed by atoms with Crippen LogP contribution in [0.15, 0.2) is 22.7 Å². The Hall–Kier alpha value is -0.540. The van der Waals surface area contributed by atoms with Crippen molar-refractivity contribution in [2.24, 2.45) is 5.92 Å². The van der Waals surface area contributed by atoms with Crippen LogP contribution >= 0.6 is 27.5 Å². The Labute approximate surface area is 128 Å². The number of benzene rings is 1. The monoisotopic (exact) mass is 343 g/mol. The zero-order valence-electron chi connectivity index (χ0n) is 11.1. The number of carbonyl (C=O) groups excluding carboxylic acids is 1. The summed E-state index contributed by atoms with van der Waals surface area (Å²) in [4.78, 5) is 12.2. The van der Waals surface area contributed by atoms with Crippen molar-refractivity contribution in [2.75, 3.05) is 0 Å². The van der Waals surface area contributed by atoms with Crippen molar-refractivity contribution in [3.05, 3.63) is 33.3 Å². The van der Waals surface area contributed by atoms with Gasteiger partial charge in [-0.3, -0.25) is 4.79 Å². The van der Waals surface area contributed by atoms with Crippen molar-refractivity contribution in [1.29, 1.82) is 0 Å². The smallest absolute Gasteiger partial charge is 0.251 e. The molecule has 104 valence electrons. The standard InChI is InChI=1S/C15H19BrClNO/c1-2-10-4-3-5-12(8-10)18-15(19)11-6-7-14(17)13(16)9-11/h6-7,9-10,12H,2-5,8H2,1H3,(H,18,19). The van der Waals surface area contributed by atoms with Gasteiger partial charge in [0.25, 0.3) is 5.91 Å². The Morgan fingerprint density at radius 3 is 2.95 bits per heavy atom. The molecule has 1 saturated carbocycles. The van der Waals surface area contributed by atoms with Gasteiger partial charge < -0.3 is 5.32 Å². The van der Waals surface area contributed by atoms with Crippen LogP contribution in [0.1, 0.15) is 49.4 Å². The molecule has 4 heteroatoms. The van der Waals surface area contributed by atoms with Gasteiger partial charge in [-0.05, 0) is 52.9 Å².